The summed E-state index contributed by atoms with van der Waals surface area (Å²) in [7, 11) is 0. The molecule has 2 aromatic rings. The van der Waals surface area contributed by atoms with Crippen LogP contribution in [0.4, 0.5) is 0 Å². The van der Waals surface area contributed by atoms with E-state index in [1.165, 1.54) is 0 Å². The molecule has 154 valence electrons. The average Bonchev–Trinajstić information content (AvgIpc) is 3.17. The fourth-order valence-electron chi connectivity index (χ4n) is 3.35. The second-order valence-corrected chi connectivity index (χ2v) is 7.58. The first-order chi connectivity index (χ1) is 14.1. The molecule has 0 fully saturated rings. The normalized spacial score (nSPS) is 17.1. The van der Waals surface area contributed by atoms with Crippen LogP contribution < -0.4 is 0 Å². The monoisotopic (exact) mass is 414 g/mol. The quantitative estimate of drug-likeness (QED) is 0.447. The van der Waals surface area contributed by atoms with Gasteiger partial charge >= 0.3 is 0 Å². The molecule has 1 aliphatic heterocycles. The van der Waals surface area contributed by atoms with Crippen LogP contribution in [0.15, 0.2) is 72.4 Å². The highest BCUT2D eigenvalue weighted by Gasteiger charge is 2.25. The first-order valence-corrected chi connectivity index (χ1v) is 10.1. The van der Waals surface area contributed by atoms with Crippen LogP contribution in [0.5, 0.6) is 0 Å². The molecule has 0 spiro atoms. The molecule has 0 amide bonds. The van der Waals surface area contributed by atoms with E-state index < -0.39 is 6.10 Å². The molecule has 0 unspecified atom stereocenters. The standard InChI is InChI=1S/C23H27ClN2O3/c1-2-11-28-17-21(27)15-26(14-18-7-6-10-20(24)12-18)16-22-13-23(25-29-22)19-8-4-3-5-9-19/h2-10,12,21-22,27H,1,11,13-17H2/t21-,22-/m0/s1. The molecule has 0 bridgehead atoms. The van der Waals surface area contributed by atoms with E-state index in [1.54, 1.807) is 6.08 Å². The Morgan fingerprint density at radius 2 is 2.10 bits per heavy atom. The average molecular weight is 415 g/mol. The molecule has 29 heavy (non-hydrogen) atoms. The highest BCUT2D eigenvalue weighted by Crippen LogP contribution is 2.19. The number of oxime groups is 1. The van der Waals surface area contributed by atoms with Gasteiger partial charge in [0.05, 0.1) is 25.0 Å². The van der Waals surface area contributed by atoms with E-state index >= 15 is 0 Å². The van der Waals surface area contributed by atoms with Gasteiger partial charge in [0, 0.05) is 31.1 Å². The number of ether oxygens (including phenoxy) is 1. The maximum Gasteiger partial charge on any atom is 0.145 e. The highest BCUT2D eigenvalue weighted by molar-refractivity contribution is 6.30. The molecular formula is C23H27ClN2O3. The Bertz CT molecular complexity index is 813. The second kappa shape index (κ2) is 11.1. The Balaban J connectivity index is 1.61. The molecule has 0 radical (unpaired) electrons. The number of benzene rings is 2. The Labute approximate surface area is 177 Å². The first-order valence-electron chi connectivity index (χ1n) is 9.75. The van der Waals surface area contributed by atoms with E-state index in [4.69, 9.17) is 21.2 Å². The molecule has 1 N–H and O–H groups in total. The minimum atomic E-state index is -0.606. The summed E-state index contributed by atoms with van der Waals surface area (Å²) in [5.41, 5.74) is 3.11. The van der Waals surface area contributed by atoms with Crippen LogP contribution in [0.1, 0.15) is 17.5 Å². The largest absolute Gasteiger partial charge is 0.390 e. The Morgan fingerprint density at radius 1 is 1.28 bits per heavy atom. The van der Waals surface area contributed by atoms with Crippen molar-refractivity contribution in [3.63, 3.8) is 0 Å². The maximum absolute atomic E-state index is 10.4. The SMILES string of the molecule is C=CCOC[C@@H](O)CN(Cc1cccc(Cl)c1)C[C@@H]1CC(c2ccccc2)=NO1. The van der Waals surface area contributed by atoms with Gasteiger partial charge in [-0.2, -0.15) is 0 Å². The van der Waals surface area contributed by atoms with Gasteiger partial charge in [-0.15, -0.1) is 6.58 Å². The summed E-state index contributed by atoms with van der Waals surface area (Å²) in [6.07, 6.45) is 1.74. The lowest BCUT2D eigenvalue weighted by Gasteiger charge is -2.27. The van der Waals surface area contributed by atoms with Crippen LogP contribution >= 0.6 is 11.6 Å². The maximum atomic E-state index is 10.4. The molecule has 5 nitrogen and oxygen atoms in total. The molecular weight excluding hydrogens is 388 g/mol. The van der Waals surface area contributed by atoms with Crippen molar-refractivity contribution in [3.05, 3.63) is 83.4 Å². The number of nitrogens with zero attached hydrogens (tertiary/aromatic N) is 2. The number of hydrogen-bond donors (Lipinski definition) is 1. The van der Waals surface area contributed by atoms with Crippen LogP contribution in [0.3, 0.4) is 0 Å². The summed E-state index contributed by atoms with van der Waals surface area (Å²) in [6.45, 7) is 6.06. The third-order valence-corrected chi connectivity index (χ3v) is 4.85. The third kappa shape index (κ3) is 6.98. The molecule has 1 aliphatic rings. The van der Waals surface area contributed by atoms with Crippen molar-refractivity contribution in [2.45, 2.75) is 25.2 Å². The topological polar surface area (TPSA) is 54.3 Å². The van der Waals surface area contributed by atoms with E-state index in [-0.39, 0.29) is 12.7 Å². The summed E-state index contributed by atoms with van der Waals surface area (Å²) in [6, 6.07) is 17.8. The van der Waals surface area contributed by atoms with E-state index in [0.717, 1.165) is 23.3 Å². The zero-order valence-electron chi connectivity index (χ0n) is 16.4. The number of halogens is 1. The second-order valence-electron chi connectivity index (χ2n) is 7.14. The number of rotatable bonds is 11. The number of aliphatic hydroxyl groups is 1. The van der Waals surface area contributed by atoms with Crippen LogP contribution in [0, 0.1) is 0 Å². The van der Waals surface area contributed by atoms with Gasteiger partial charge in [-0.05, 0) is 23.3 Å². The zero-order chi connectivity index (χ0) is 20.5. The fraction of sp³-hybridized carbons (Fsp3) is 0.348. The smallest absolute Gasteiger partial charge is 0.145 e. The van der Waals surface area contributed by atoms with Gasteiger partial charge in [0.1, 0.15) is 6.10 Å². The predicted molar refractivity (Wildman–Crippen MR) is 116 cm³/mol. The minimum Gasteiger partial charge on any atom is -0.390 e. The van der Waals surface area contributed by atoms with Crippen molar-refractivity contribution in [3.8, 4) is 0 Å². The number of hydrogen-bond acceptors (Lipinski definition) is 5. The molecule has 6 heteroatoms. The first kappa shape index (κ1) is 21.5. The number of aliphatic hydroxyl groups excluding tert-OH is 1. The van der Waals surface area contributed by atoms with Gasteiger partial charge in [0.2, 0.25) is 0 Å². The van der Waals surface area contributed by atoms with Gasteiger partial charge in [0.15, 0.2) is 0 Å². The summed E-state index contributed by atoms with van der Waals surface area (Å²) in [5, 5.41) is 15.4. The van der Waals surface area contributed by atoms with E-state index in [0.29, 0.717) is 31.3 Å². The summed E-state index contributed by atoms with van der Waals surface area (Å²) in [4.78, 5) is 7.84. The molecule has 1 heterocycles. The molecule has 3 rings (SSSR count). The molecule has 0 saturated heterocycles. The minimum absolute atomic E-state index is 0.0642. The third-order valence-electron chi connectivity index (χ3n) is 4.61. The molecule has 2 aromatic carbocycles. The molecule has 0 aliphatic carbocycles. The van der Waals surface area contributed by atoms with Crippen LogP contribution in [-0.2, 0) is 16.1 Å². The van der Waals surface area contributed by atoms with Crippen molar-refractivity contribution in [1.29, 1.82) is 0 Å². The van der Waals surface area contributed by atoms with E-state index in [2.05, 4.69) is 16.6 Å². The van der Waals surface area contributed by atoms with Gasteiger partial charge in [-0.3, -0.25) is 4.90 Å². The van der Waals surface area contributed by atoms with Gasteiger partial charge in [-0.1, -0.05) is 65.3 Å². The fourth-order valence-corrected chi connectivity index (χ4v) is 3.56. The van der Waals surface area contributed by atoms with Crippen molar-refractivity contribution in [2.24, 2.45) is 5.16 Å². The lowest BCUT2D eigenvalue weighted by Crippen LogP contribution is -2.39. The summed E-state index contributed by atoms with van der Waals surface area (Å²) in [5.74, 6) is 0. The molecule has 0 saturated carbocycles. The van der Waals surface area contributed by atoms with Crippen LogP contribution in [0.2, 0.25) is 5.02 Å². The van der Waals surface area contributed by atoms with Gasteiger partial charge < -0.3 is 14.7 Å². The van der Waals surface area contributed by atoms with Gasteiger partial charge in [0.25, 0.3) is 0 Å². The van der Waals surface area contributed by atoms with Crippen molar-refractivity contribution in [1.82, 2.24) is 4.90 Å². The van der Waals surface area contributed by atoms with E-state index in [9.17, 15) is 5.11 Å². The molecule has 0 aromatic heterocycles. The van der Waals surface area contributed by atoms with Crippen molar-refractivity contribution in [2.75, 3.05) is 26.3 Å². The van der Waals surface area contributed by atoms with Gasteiger partial charge in [-0.25, -0.2) is 0 Å². The Morgan fingerprint density at radius 3 is 2.86 bits per heavy atom. The van der Waals surface area contributed by atoms with Crippen molar-refractivity contribution >= 4 is 17.3 Å². The predicted octanol–water partition coefficient (Wildman–Crippen LogP) is 3.90. The highest BCUT2D eigenvalue weighted by atomic mass is 35.5. The lowest BCUT2D eigenvalue weighted by molar-refractivity contribution is 0.00336. The van der Waals surface area contributed by atoms with Crippen molar-refractivity contribution < 1.29 is 14.7 Å². The van der Waals surface area contributed by atoms with Crippen LogP contribution in [0.25, 0.3) is 0 Å². The summed E-state index contributed by atoms with van der Waals surface area (Å²) < 4.78 is 5.39. The zero-order valence-corrected chi connectivity index (χ0v) is 17.2. The Kier molecular flexibility index (Phi) is 8.25. The lowest BCUT2D eigenvalue weighted by atomic mass is 10.0. The van der Waals surface area contributed by atoms with E-state index in [1.807, 2.05) is 54.6 Å². The molecule has 2 atom stereocenters. The van der Waals surface area contributed by atoms with Crippen LogP contribution in [-0.4, -0.2) is 54.2 Å². The Hall–Kier alpha value is -2.18. The summed E-state index contributed by atoms with van der Waals surface area (Å²) >= 11 is 6.14.